The Bertz CT molecular complexity index is 1380. The molecule has 0 saturated heterocycles. The van der Waals surface area contributed by atoms with Gasteiger partial charge in [0.25, 0.3) is 5.56 Å². The van der Waals surface area contributed by atoms with Crippen LogP contribution in [0.1, 0.15) is 36.6 Å². The molecule has 2 heterocycles. The highest BCUT2D eigenvalue weighted by Crippen LogP contribution is 2.30. The monoisotopic (exact) mass is 448 g/mol. The molecule has 2 aromatic carbocycles. The van der Waals surface area contributed by atoms with Crippen molar-refractivity contribution in [1.82, 2.24) is 4.57 Å². The van der Waals surface area contributed by atoms with E-state index in [1.165, 1.54) is 11.3 Å². The van der Waals surface area contributed by atoms with Crippen LogP contribution >= 0.6 is 11.3 Å². The zero-order chi connectivity index (χ0) is 22.8. The number of fused-ring (bicyclic) bond motifs is 1. The van der Waals surface area contributed by atoms with Gasteiger partial charge < -0.3 is 9.47 Å². The molecule has 3 aromatic rings. The van der Waals surface area contributed by atoms with Crippen molar-refractivity contribution in [2.45, 2.75) is 26.8 Å². The maximum atomic E-state index is 13.5. The van der Waals surface area contributed by atoms with E-state index in [2.05, 4.69) is 4.99 Å². The lowest BCUT2D eigenvalue weighted by Crippen LogP contribution is -2.39. The first kappa shape index (κ1) is 21.8. The lowest BCUT2D eigenvalue weighted by atomic mass is 9.96. The molecule has 1 aromatic heterocycles. The predicted molar refractivity (Wildman–Crippen MR) is 125 cm³/mol. The summed E-state index contributed by atoms with van der Waals surface area (Å²) in [4.78, 5) is 31.5. The van der Waals surface area contributed by atoms with Gasteiger partial charge in [-0.25, -0.2) is 9.79 Å². The lowest BCUT2D eigenvalue weighted by Gasteiger charge is -2.24. The van der Waals surface area contributed by atoms with Gasteiger partial charge in [0.05, 0.1) is 35.6 Å². The maximum absolute atomic E-state index is 13.5. The highest BCUT2D eigenvalue weighted by atomic mass is 32.1. The highest BCUT2D eigenvalue weighted by molar-refractivity contribution is 7.07. The summed E-state index contributed by atoms with van der Waals surface area (Å²) < 4.78 is 12.8. The third-order valence-electron chi connectivity index (χ3n) is 5.36. The number of hydrogen-bond donors (Lipinski definition) is 0. The molecule has 0 spiro atoms. The summed E-state index contributed by atoms with van der Waals surface area (Å²) in [6, 6.07) is 14.7. The number of ether oxygens (including phenoxy) is 2. The van der Waals surface area contributed by atoms with Crippen LogP contribution in [0.15, 0.2) is 69.6 Å². The number of hydrogen-bond acceptors (Lipinski definition) is 6. The molecule has 4 rings (SSSR count). The smallest absolute Gasteiger partial charge is 0.338 e. The Hall–Kier alpha value is -3.45. The summed E-state index contributed by atoms with van der Waals surface area (Å²) in [5, 5.41) is 0. The largest absolute Gasteiger partial charge is 0.496 e. The normalized spacial score (nSPS) is 15.9. The van der Waals surface area contributed by atoms with Crippen LogP contribution in [0.4, 0.5) is 0 Å². The Kier molecular flexibility index (Phi) is 6.10. The standard InChI is InChI=1S/C25H24N2O4S/c1-5-31-24(29)21-16(3)26-25-27(22(21)18-9-7-6-8-10-18)23(28)20(32-25)14-17-12-11-15(2)19(13-17)30-4/h6-14,22H,5H2,1-4H3/b20-14-. The van der Waals surface area contributed by atoms with Crippen LogP contribution in [-0.4, -0.2) is 24.3 Å². The molecular formula is C25H24N2O4S. The van der Waals surface area contributed by atoms with Crippen molar-refractivity contribution in [1.29, 1.82) is 0 Å². The van der Waals surface area contributed by atoms with Gasteiger partial charge in [-0.3, -0.25) is 9.36 Å². The van der Waals surface area contributed by atoms with Crippen molar-refractivity contribution in [2.75, 3.05) is 13.7 Å². The van der Waals surface area contributed by atoms with Crippen molar-refractivity contribution in [2.24, 2.45) is 4.99 Å². The van der Waals surface area contributed by atoms with Crippen LogP contribution in [-0.2, 0) is 9.53 Å². The molecule has 0 N–H and O–H groups in total. The minimum atomic E-state index is -0.596. The predicted octanol–water partition coefficient (Wildman–Crippen LogP) is 3.12. The molecule has 6 nitrogen and oxygen atoms in total. The van der Waals surface area contributed by atoms with E-state index in [1.54, 1.807) is 25.5 Å². The average molecular weight is 449 g/mol. The fourth-order valence-electron chi connectivity index (χ4n) is 3.82. The molecule has 1 unspecified atom stereocenters. The molecule has 0 aliphatic carbocycles. The van der Waals surface area contributed by atoms with Crippen molar-refractivity contribution in [3.63, 3.8) is 0 Å². The van der Waals surface area contributed by atoms with E-state index in [0.29, 0.717) is 20.6 Å². The molecular weight excluding hydrogens is 424 g/mol. The van der Waals surface area contributed by atoms with Crippen molar-refractivity contribution >= 4 is 23.4 Å². The number of carbonyl (C=O) groups is 1. The number of rotatable bonds is 5. The van der Waals surface area contributed by atoms with E-state index >= 15 is 0 Å². The van der Waals surface area contributed by atoms with E-state index < -0.39 is 12.0 Å². The molecule has 7 heteroatoms. The summed E-state index contributed by atoms with van der Waals surface area (Å²) in [6.45, 7) is 5.76. The average Bonchev–Trinajstić information content (AvgIpc) is 3.09. The van der Waals surface area contributed by atoms with Crippen molar-refractivity contribution < 1.29 is 14.3 Å². The number of methoxy groups -OCH3 is 1. The summed E-state index contributed by atoms with van der Waals surface area (Å²) >= 11 is 1.30. The second kappa shape index (κ2) is 8.96. The first-order valence-corrected chi connectivity index (χ1v) is 11.2. The number of thiazole rings is 1. The molecule has 0 amide bonds. The van der Waals surface area contributed by atoms with E-state index in [0.717, 1.165) is 22.4 Å². The van der Waals surface area contributed by atoms with Gasteiger partial charge in [-0.1, -0.05) is 53.8 Å². The van der Waals surface area contributed by atoms with Gasteiger partial charge in [0.1, 0.15) is 5.75 Å². The Morgan fingerprint density at radius 2 is 1.94 bits per heavy atom. The highest BCUT2D eigenvalue weighted by Gasteiger charge is 2.33. The van der Waals surface area contributed by atoms with Gasteiger partial charge in [-0.15, -0.1) is 0 Å². The maximum Gasteiger partial charge on any atom is 0.338 e. The molecule has 32 heavy (non-hydrogen) atoms. The zero-order valence-electron chi connectivity index (χ0n) is 18.4. The fraction of sp³-hybridized carbons (Fsp3) is 0.240. The third-order valence-corrected chi connectivity index (χ3v) is 6.35. The Morgan fingerprint density at radius 1 is 1.19 bits per heavy atom. The first-order valence-electron chi connectivity index (χ1n) is 10.3. The quantitative estimate of drug-likeness (QED) is 0.563. The minimum absolute atomic E-state index is 0.198. The topological polar surface area (TPSA) is 69.9 Å². The van der Waals surface area contributed by atoms with Crippen LogP contribution in [0.3, 0.4) is 0 Å². The fourth-order valence-corrected chi connectivity index (χ4v) is 4.87. The second-order valence-electron chi connectivity index (χ2n) is 7.44. The number of nitrogens with zero attached hydrogens (tertiary/aromatic N) is 2. The number of aryl methyl sites for hydroxylation is 1. The summed E-state index contributed by atoms with van der Waals surface area (Å²) in [5.41, 5.74) is 3.45. The van der Waals surface area contributed by atoms with Crippen LogP contribution in [0.25, 0.3) is 6.08 Å². The summed E-state index contributed by atoms with van der Waals surface area (Å²) in [6.07, 6.45) is 1.83. The van der Waals surface area contributed by atoms with Crippen LogP contribution in [0.2, 0.25) is 0 Å². The molecule has 0 bridgehead atoms. The van der Waals surface area contributed by atoms with Crippen molar-refractivity contribution in [3.8, 4) is 5.75 Å². The van der Waals surface area contributed by atoms with Gasteiger partial charge in [-0.05, 0) is 49.6 Å². The van der Waals surface area contributed by atoms with Crippen LogP contribution in [0, 0.1) is 6.92 Å². The molecule has 1 atom stereocenters. The van der Waals surface area contributed by atoms with E-state index in [1.807, 2.05) is 61.5 Å². The number of aromatic nitrogens is 1. The van der Waals surface area contributed by atoms with Gasteiger partial charge in [-0.2, -0.15) is 0 Å². The first-order chi connectivity index (χ1) is 15.4. The molecule has 164 valence electrons. The number of carbonyl (C=O) groups excluding carboxylic acids is 1. The Balaban J connectivity index is 1.93. The number of esters is 1. The van der Waals surface area contributed by atoms with Crippen molar-refractivity contribution in [3.05, 3.63) is 96.2 Å². The number of allylic oxidation sites excluding steroid dienone is 1. The van der Waals surface area contributed by atoms with Gasteiger partial charge >= 0.3 is 5.97 Å². The molecule has 0 radical (unpaired) electrons. The molecule has 1 aliphatic heterocycles. The summed E-state index contributed by atoms with van der Waals surface area (Å²) in [5.74, 6) is 0.300. The molecule has 0 saturated carbocycles. The van der Waals surface area contributed by atoms with Gasteiger partial charge in [0, 0.05) is 0 Å². The van der Waals surface area contributed by atoms with Crippen LogP contribution in [0.5, 0.6) is 5.75 Å². The van der Waals surface area contributed by atoms with E-state index in [9.17, 15) is 9.59 Å². The minimum Gasteiger partial charge on any atom is -0.496 e. The molecule has 1 aliphatic rings. The lowest BCUT2D eigenvalue weighted by molar-refractivity contribution is -0.139. The summed E-state index contributed by atoms with van der Waals surface area (Å²) in [7, 11) is 1.62. The molecule has 0 fully saturated rings. The Labute approximate surface area is 189 Å². The zero-order valence-corrected chi connectivity index (χ0v) is 19.2. The van der Waals surface area contributed by atoms with E-state index in [4.69, 9.17) is 9.47 Å². The van der Waals surface area contributed by atoms with E-state index in [-0.39, 0.29) is 12.2 Å². The van der Waals surface area contributed by atoms with Crippen LogP contribution < -0.4 is 19.6 Å². The Morgan fingerprint density at radius 3 is 2.62 bits per heavy atom. The van der Waals surface area contributed by atoms with Gasteiger partial charge in [0.15, 0.2) is 4.80 Å². The van der Waals surface area contributed by atoms with Gasteiger partial charge in [0.2, 0.25) is 0 Å². The third kappa shape index (κ3) is 3.91. The number of benzene rings is 2. The SMILES string of the molecule is CCOC(=O)C1=C(C)N=c2s/c(=C\c3ccc(C)c(OC)c3)c(=O)n2C1c1ccccc1. The second-order valence-corrected chi connectivity index (χ2v) is 8.45.